The minimum Gasteiger partial charge on any atom is -0.258 e. The number of benzene rings is 2. The lowest BCUT2D eigenvalue weighted by atomic mass is 9.98. The molecule has 0 fully saturated rings. The minimum absolute atomic E-state index is 0.000321. The number of nitrogens with two attached hydrogens (primary N) is 1. The van der Waals surface area contributed by atoms with Crippen molar-refractivity contribution >= 4 is 27.1 Å². The summed E-state index contributed by atoms with van der Waals surface area (Å²) in [5.41, 5.74) is 6.15. The van der Waals surface area contributed by atoms with E-state index in [1.807, 2.05) is 18.2 Å². The number of sulfonamides is 1. The number of hydrogen-bond donors (Lipinski definition) is 1. The van der Waals surface area contributed by atoms with Crippen molar-refractivity contribution in [2.45, 2.75) is 17.4 Å². The number of hydrogen-bond acceptors (Lipinski definition) is 6. The zero-order chi connectivity index (χ0) is 20.6. The summed E-state index contributed by atoms with van der Waals surface area (Å²) < 4.78 is 23.1. The molecule has 0 aromatic heterocycles. The van der Waals surface area contributed by atoms with Crippen LogP contribution in [-0.2, 0) is 10.0 Å². The van der Waals surface area contributed by atoms with Crippen LogP contribution >= 0.6 is 0 Å². The number of rotatable bonds is 5. The maximum Gasteiger partial charge on any atom is 0.269 e. The Hall–Kier alpha value is -3.52. The Morgan fingerprint density at radius 1 is 1.21 bits per heavy atom. The van der Waals surface area contributed by atoms with Crippen molar-refractivity contribution in [2.75, 3.05) is 5.01 Å². The lowest BCUT2D eigenvalue weighted by molar-refractivity contribution is -0.384. The van der Waals surface area contributed by atoms with E-state index in [0.29, 0.717) is 12.1 Å². The fourth-order valence-electron chi connectivity index (χ4n) is 3.31. The molecule has 2 N–H and O–H groups in total. The Labute approximate surface area is 167 Å². The Morgan fingerprint density at radius 2 is 1.97 bits per heavy atom. The maximum atomic E-state index is 11.5. The predicted molar refractivity (Wildman–Crippen MR) is 109 cm³/mol. The van der Waals surface area contributed by atoms with Crippen LogP contribution in [0.1, 0.15) is 18.0 Å². The van der Waals surface area contributed by atoms with Crippen LogP contribution in [0, 0.1) is 10.1 Å². The molecule has 1 heterocycles. The van der Waals surface area contributed by atoms with Gasteiger partial charge in [-0.2, -0.15) is 5.10 Å². The molecule has 9 heteroatoms. The molecule has 0 bridgehead atoms. The minimum atomic E-state index is -3.80. The van der Waals surface area contributed by atoms with Crippen molar-refractivity contribution in [3.63, 3.8) is 0 Å². The van der Waals surface area contributed by atoms with Crippen molar-refractivity contribution < 1.29 is 13.3 Å². The monoisotopic (exact) mass is 408 g/mol. The number of hydrazone groups is 1. The Morgan fingerprint density at radius 3 is 2.59 bits per heavy atom. The van der Waals surface area contributed by atoms with Crippen LogP contribution in [0.25, 0.3) is 0 Å². The average Bonchev–Trinajstić information content (AvgIpc) is 3.37. The van der Waals surface area contributed by atoms with Crippen molar-refractivity contribution in [3.8, 4) is 0 Å². The van der Waals surface area contributed by atoms with Gasteiger partial charge in [0.2, 0.25) is 10.0 Å². The Balaban J connectivity index is 1.76. The van der Waals surface area contributed by atoms with E-state index in [4.69, 9.17) is 10.2 Å². The third-order valence-corrected chi connectivity index (χ3v) is 5.64. The van der Waals surface area contributed by atoms with E-state index >= 15 is 0 Å². The summed E-state index contributed by atoms with van der Waals surface area (Å²) in [6, 6.07) is 12.2. The predicted octanol–water partition coefficient (Wildman–Crippen LogP) is 3.20. The Kier molecular flexibility index (Phi) is 4.63. The summed E-state index contributed by atoms with van der Waals surface area (Å²) in [7, 11) is -3.80. The van der Waals surface area contributed by atoms with Crippen molar-refractivity contribution in [3.05, 3.63) is 93.7 Å². The smallest absolute Gasteiger partial charge is 0.258 e. The zero-order valence-electron chi connectivity index (χ0n) is 15.1. The second-order valence-corrected chi connectivity index (χ2v) is 8.15. The maximum absolute atomic E-state index is 11.5. The largest absolute Gasteiger partial charge is 0.269 e. The number of allylic oxidation sites excluding steroid dienone is 3. The number of non-ortho nitro benzene ring substituents is 1. The van der Waals surface area contributed by atoms with Gasteiger partial charge in [0, 0.05) is 24.1 Å². The number of nitrogens with zero attached hydrogens (tertiary/aromatic N) is 3. The fraction of sp³-hybridized carbons (Fsp3) is 0.100. The number of anilines is 1. The Bertz CT molecular complexity index is 1220. The van der Waals surface area contributed by atoms with Crippen molar-refractivity contribution in [1.82, 2.24) is 0 Å². The molecular weight excluding hydrogens is 392 g/mol. The van der Waals surface area contributed by atoms with Gasteiger partial charge in [0.05, 0.1) is 27.3 Å². The molecular formula is C20H16N4O4S. The van der Waals surface area contributed by atoms with Gasteiger partial charge in [-0.15, -0.1) is 5.73 Å². The van der Waals surface area contributed by atoms with Gasteiger partial charge >= 0.3 is 0 Å². The van der Waals surface area contributed by atoms with Crippen LogP contribution in [0.2, 0.25) is 0 Å². The molecule has 1 aliphatic heterocycles. The third kappa shape index (κ3) is 3.74. The first-order valence-corrected chi connectivity index (χ1v) is 10.3. The lowest BCUT2D eigenvalue weighted by Crippen LogP contribution is -2.19. The number of nitro groups is 1. The summed E-state index contributed by atoms with van der Waals surface area (Å²) in [5.74, 6) is 0. The van der Waals surface area contributed by atoms with Crippen molar-refractivity contribution in [2.24, 2.45) is 10.2 Å². The van der Waals surface area contributed by atoms with Gasteiger partial charge in [-0.05, 0) is 42.0 Å². The van der Waals surface area contributed by atoms with Gasteiger partial charge in [0.15, 0.2) is 0 Å². The number of primary sulfonamides is 1. The molecule has 1 unspecified atom stereocenters. The first kappa shape index (κ1) is 18.8. The standard InChI is InChI=1S/C20H16N4O4S/c21-29(27,28)18-10-8-16(9-11-18)23-20(13-19(22-23)14-4-1-2-5-14)15-6-3-7-17(12-15)24(25)26/h1-4,6-12,20H,13H2,(H2,21,27,28). The highest BCUT2D eigenvalue weighted by atomic mass is 32.2. The molecule has 0 radical (unpaired) electrons. The molecule has 0 amide bonds. The second kappa shape index (κ2) is 7.14. The molecule has 2 aromatic rings. The summed E-state index contributed by atoms with van der Waals surface area (Å²) in [4.78, 5) is 10.8. The molecule has 0 saturated carbocycles. The normalized spacial score (nSPS) is 18.1. The first-order chi connectivity index (χ1) is 13.8. The highest BCUT2D eigenvalue weighted by Crippen LogP contribution is 2.38. The van der Waals surface area contributed by atoms with E-state index in [2.05, 4.69) is 5.73 Å². The SMILES string of the molecule is NS(=O)(=O)c1ccc(N2N=C(C3=C=CC=C3)CC2c2cccc([N+](=O)[O-])c2)cc1. The van der Waals surface area contributed by atoms with E-state index in [1.54, 1.807) is 29.3 Å². The van der Waals surface area contributed by atoms with Crippen LogP contribution in [0.4, 0.5) is 11.4 Å². The molecule has 8 nitrogen and oxygen atoms in total. The topological polar surface area (TPSA) is 119 Å². The lowest BCUT2D eigenvalue weighted by Gasteiger charge is -2.24. The van der Waals surface area contributed by atoms with E-state index in [-0.39, 0.29) is 16.6 Å². The summed E-state index contributed by atoms with van der Waals surface area (Å²) in [5, 5.41) is 22.8. The fourth-order valence-corrected chi connectivity index (χ4v) is 3.83. The van der Waals surface area contributed by atoms with Crippen LogP contribution in [0.15, 0.2) is 88.1 Å². The highest BCUT2D eigenvalue weighted by molar-refractivity contribution is 7.89. The van der Waals surface area contributed by atoms with E-state index < -0.39 is 14.9 Å². The molecule has 2 aliphatic rings. The van der Waals surface area contributed by atoms with Crippen LogP contribution in [0.5, 0.6) is 0 Å². The molecule has 2 aromatic carbocycles. The summed E-state index contributed by atoms with van der Waals surface area (Å²) in [6.07, 6.45) is 6.09. The van der Waals surface area contributed by atoms with Gasteiger partial charge in [0.25, 0.3) is 5.69 Å². The second-order valence-electron chi connectivity index (χ2n) is 6.59. The van der Waals surface area contributed by atoms with Crippen LogP contribution in [-0.4, -0.2) is 19.1 Å². The van der Waals surface area contributed by atoms with Gasteiger partial charge < -0.3 is 0 Å². The summed E-state index contributed by atoms with van der Waals surface area (Å²) >= 11 is 0. The van der Waals surface area contributed by atoms with E-state index in [1.165, 1.54) is 24.3 Å². The highest BCUT2D eigenvalue weighted by Gasteiger charge is 2.31. The first-order valence-electron chi connectivity index (χ1n) is 8.70. The van der Waals surface area contributed by atoms with Crippen LogP contribution in [0.3, 0.4) is 0 Å². The molecule has 29 heavy (non-hydrogen) atoms. The average molecular weight is 408 g/mol. The molecule has 0 spiro atoms. The number of nitro benzene ring substituents is 1. The molecule has 4 rings (SSSR count). The molecule has 1 aliphatic carbocycles. The van der Waals surface area contributed by atoms with Crippen LogP contribution < -0.4 is 10.1 Å². The van der Waals surface area contributed by atoms with E-state index in [0.717, 1.165) is 16.8 Å². The van der Waals surface area contributed by atoms with Gasteiger partial charge in [-0.1, -0.05) is 18.2 Å². The van der Waals surface area contributed by atoms with Gasteiger partial charge in [-0.3, -0.25) is 15.1 Å². The molecule has 146 valence electrons. The van der Waals surface area contributed by atoms with Gasteiger partial charge in [0.1, 0.15) is 0 Å². The van der Waals surface area contributed by atoms with E-state index in [9.17, 15) is 18.5 Å². The third-order valence-electron chi connectivity index (χ3n) is 4.71. The zero-order valence-corrected chi connectivity index (χ0v) is 15.9. The quantitative estimate of drug-likeness (QED) is 0.463. The molecule has 1 atom stereocenters. The molecule has 0 saturated heterocycles. The van der Waals surface area contributed by atoms with Crippen molar-refractivity contribution in [1.29, 1.82) is 0 Å². The van der Waals surface area contributed by atoms with Gasteiger partial charge in [-0.25, -0.2) is 13.6 Å². The summed E-state index contributed by atoms with van der Waals surface area (Å²) in [6.45, 7) is 0.